The second-order valence-electron chi connectivity index (χ2n) is 6.56. The minimum absolute atomic E-state index is 0.00891. The molecule has 1 heterocycles. The Morgan fingerprint density at radius 3 is 2.52 bits per heavy atom. The zero-order valence-electron chi connectivity index (χ0n) is 13.8. The van der Waals surface area contributed by atoms with E-state index in [-0.39, 0.29) is 24.2 Å². The molecule has 1 fully saturated rings. The second kappa shape index (κ2) is 7.68. The van der Waals surface area contributed by atoms with Crippen molar-refractivity contribution in [2.75, 3.05) is 13.1 Å². The zero-order valence-corrected chi connectivity index (χ0v) is 13.8. The van der Waals surface area contributed by atoms with Crippen molar-refractivity contribution in [3.8, 4) is 0 Å². The molecule has 2 unspecified atom stereocenters. The van der Waals surface area contributed by atoms with Crippen LogP contribution in [0.3, 0.4) is 0 Å². The number of likely N-dealkylation sites (tertiary alicyclic amines) is 1. The smallest absolute Gasteiger partial charge is 0.223 e. The van der Waals surface area contributed by atoms with E-state index < -0.39 is 11.7 Å². The Kier molecular flexibility index (Phi) is 5.88. The van der Waals surface area contributed by atoms with Crippen LogP contribution >= 0.6 is 0 Å². The van der Waals surface area contributed by atoms with Gasteiger partial charge in [-0.25, -0.2) is 4.39 Å². The van der Waals surface area contributed by atoms with Crippen LogP contribution in [0.15, 0.2) is 24.3 Å². The second-order valence-corrected chi connectivity index (χ2v) is 6.56. The highest BCUT2D eigenvalue weighted by Gasteiger charge is 2.27. The number of Topliss-reactive ketones (excluding diaryl/α,β-unsaturated/α-hetero) is 1. The maximum absolute atomic E-state index is 13.2. The Morgan fingerprint density at radius 2 is 1.96 bits per heavy atom. The maximum atomic E-state index is 13.2. The minimum atomic E-state index is -0.449. The maximum Gasteiger partial charge on any atom is 0.223 e. The van der Waals surface area contributed by atoms with Crippen LogP contribution in [0.25, 0.3) is 0 Å². The molecule has 126 valence electrons. The lowest BCUT2D eigenvalue weighted by Gasteiger charge is -2.34. The van der Waals surface area contributed by atoms with E-state index in [1.54, 1.807) is 13.0 Å². The highest BCUT2D eigenvalue weighted by Crippen LogP contribution is 2.21. The van der Waals surface area contributed by atoms with E-state index in [2.05, 4.69) is 0 Å². The van der Waals surface area contributed by atoms with Crippen molar-refractivity contribution in [3.63, 3.8) is 0 Å². The van der Waals surface area contributed by atoms with E-state index in [0.717, 1.165) is 12.8 Å². The first-order chi connectivity index (χ1) is 10.9. The van der Waals surface area contributed by atoms with E-state index in [1.165, 1.54) is 18.2 Å². The van der Waals surface area contributed by atoms with Crippen LogP contribution in [0.1, 0.15) is 43.5 Å². The fourth-order valence-electron chi connectivity index (χ4n) is 3.08. The zero-order chi connectivity index (χ0) is 17.0. The lowest BCUT2D eigenvalue weighted by molar-refractivity contribution is -0.133. The van der Waals surface area contributed by atoms with Crippen LogP contribution in [0.5, 0.6) is 0 Å². The molecule has 2 atom stereocenters. The third-order valence-corrected chi connectivity index (χ3v) is 4.67. The van der Waals surface area contributed by atoms with Crippen molar-refractivity contribution in [1.29, 1.82) is 0 Å². The summed E-state index contributed by atoms with van der Waals surface area (Å²) in [6.45, 7) is 5.12. The SMILES string of the molecule is CC(CC(=O)N1CCC(C(C)N)CC1)C(=O)c1cccc(F)c1. The molecule has 1 amide bonds. The number of nitrogens with zero attached hydrogens (tertiary/aromatic N) is 1. The fraction of sp³-hybridized carbons (Fsp3) is 0.556. The van der Waals surface area contributed by atoms with E-state index in [9.17, 15) is 14.0 Å². The number of piperidine rings is 1. The highest BCUT2D eigenvalue weighted by molar-refractivity contribution is 5.99. The largest absolute Gasteiger partial charge is 0.343 e. The van der Waals surface area contributed by atoms with Crippen molar-refractivity contribution in [1.82, 2.24) is 4.90 Å². The Balaban J connectivity index is 1.89. The van der Waals surface area contributed by atoms with Gasteiger partial charge in [0, 0.05) is 37.0 Å². The number of carbonyl (C=O) groups excluding carboxylic acids is 2. The molecule has 4 nitrogen and oxygen atoms in total. The summed E-state index contributed by atoms with van der Waals surface area (Å²) in [6, 6.07) is 5.77. The molecule has 2 N–H and O–H groups in total. The molecule has 0 bridgehead atoms. The average Bonchev–Trinajstić information content (AvgIpc) is 2.54. The molecule has 23 heavy (non-hydrogen) atoms. The Hall–Kier alpha value is -1.75. The average molecular weight is 320 g/mol. The number of hydrogen-bond donors (Lipinski definition) is 1. The number of nitrogens with two attached hydrogens (primary N) is 1. The van der Waals surface area contributed by atoms with Gasteiger partial charge in [0.1, 0.15) is 5.82 Å². The number of carbonyl (C=O) groups is 2. The molecule has 0 radical (unpaired) electrons. The molecule has 0 aliphatic carbocycles. The molecule has 1 aromatic carbocycles. The summed E-state index contributed by atoms with van der Waals surface area (Å²) in [6.07, 6.45) is 1.99. The number of benzene rings is 1. The summed E-state index contributed by atoms with van der Waals surface area (Å²) in [5.41, 5.74) is 6.23. The van der Waals surface area contributed by atoms with Crippen molar-refractivity contribution in [2.24, 2.45) is 17.6 Å². The number of hydrogen-bond acceptors (Lipinski definition) is 3. The summed E-state index contributed by atoms with van der Waals surface area (Å²) in [4.78, 5) is 26.5. The molecule has 2 rings (SSSR count). The molecule has 1 saturated heterocycles. The Labute approximate surface area is 136 Å². The van der Waals surface area contributed by atoms with Crippen molar-refractivity contribution < 1.29 is 14.0 Å². The predicted octanol–water partition coefficient (Wildman–Crippen LogP) is 2.62. The highest BCUT2D eigenvalue weighted by atomic mass is 19.1. The molecule has 0 aromatic heterocycles. The lowest BCUT2D eigenvalue weighted by atomic mass is 9.90. The summed E-state index contributed by atoms with van der Waals surface area (Å²) in [5.74, 6) is -0.623. The van der Waals surface area contributed by atoms with Crippen molar-refractivity contribution in [2.45, 2.75) is 39.2 Å². The summed E-state index contributed by atoms with van der Waals surface area (Å²) < 4.78 is 13.2. The van der Waals surface area contributed by atoms with Gasteiger partial charge in [0.2, 0.25) is 5.91 Å². The Bertz CT molecular complexity index is 566. The van der Waals surface area contributed by atoms with Crippen molar-refractivity contribution >= 4 is 11.7 Å². The number of amides is 1. The molecule has 1 aliphatic heterocycles. The normalized spacial score (nSPS) is 18.5. The molecule has 1 aromatic rings. The number of halogens is 1. The van der Waals surface area contributed by atoms with Gasteiger partial charge in [0.15, 0.2) is 5.78 Å². The molecule has 0 spiro atoms. The van der Waals surface area contributed by atoms with Gasteiger partial charge < -0.3 is 10.6 Å². The van der Waals surface area contributed by atoms with Crippen LogP contribution in [0, 0.1) is 17.7 Å². The van der Waals surface area contributed by atoms with Gasteiger partial charge in [-0.05, 0) is 37.8 Å². The predicted molar refractivity (Wildman–Crippen MR) is 87.5 cm³/mol. The fourth-order valence-corrected chi connectivity index (χ4v) is 3.08. The van der Waals surface area contributed by atoms with E-state index in [4.69, 9.17) is 5.73 Å². The van der Waals surface area contributed by atoms with Gasteiger partial charge in [0.25, 0.3) is 0 Å². The van der Waals surface area contributed by atoms with E-state index in [0.29, 0.717) is 24.6 Å². The minimum Gasteiger partial charge on any atom is -0.343 e. The number of rotatable bonds is 5. The van der Waals surface area contributed by atoms with Gasteiger partial charge in [-0.2, -0.15) is 0 Å². The van der Waals surface area contributed by atoms with E-state index in [1.807, 2.05) is 11.8 Å². The molecule has 1 aliphatic rings. The van der Waals surface area contributed by atoms with Crippen LogP contribution in [0.4, 0.5) is 4.39 Å². The first-order valence-electron chi connectivity index (χ1n) is 8.21. The monoisotopic (exact) mass is 320 g/mol. The molecular weight excluding hydrogens is 295 g/mol. The van der Waals surface area contributed by atoms with E-state index >= 15 is 0 Å². The van der Waals surface area contributed by atoms with Gasteiger partial charge in [0.05, 0.1) is 0 Å². The summed E-state index contributed by atoms with van der Waals surface area (Å²) in [5, 5.41) is 0. The van der Waals surface area contributed by atoms with Gasteiger partial charge >= 0.3 is 0 Å². The Morgan fingerprint density at radius 1 is 1.30 bits per heavy atom. The quantitative estimate of drug-likeness (QED) is 0.848. The first kappa shape index (κ1) is 17.6. The van der Waals surface area contributed by atoms with Crippen LogP contribution in [-0.2, 0) is 4.79 Å². The third-order valence-electron chi connectivity index (χ3n) is 4.67. The standard InChI is InChI=1S/C18H25FN2O2/c1-12(18(23)15-4-3-5-16(19)11-15)10-17(22)21-8-6-14(7-9-21)13(2)20/h3-5,11-14H,6-10,20H2,1-2H3. The topological polar surface area (TPSA) is 63.4 Å². The first-order valence-corrected chi connectivity index (χ1v) is 8.21. The van der Waals surface area contributed by atoms with Gasteiger partial charge in [-0.3, -0.25) is 9.59 Å². The number of ketones is 1. The van der Waals surface area contributed by atoms with Crippen LogP contribution in [0.2, 0.25) is 0 Å². The molecular formula is C18H25FN2O2. The summed E-state index contributed by atoms with van der Waals surface area (Å²) in [7, 11) is 0. The molecule has 5 heteroatoms. The van der Waals surface area contributed by atoms with Crippen molar-refractivity contribution in [3.05, 3.63) is 35.6 Å². The summed E-state index contributed by atoms with van der Waals surface area (Å²) >= 11 is 0. The van der Waals surface area contributed by atoms with Crippen LogP contribution < -0.4 is 5.73 Å². The molecule has 0 saturated carbocycles. The lowest BCUT2D eigenvalue weighted by Crippen LogP contribution is -2.43. The third kappa shape index (κ3) is 4.61. The van der Waals surface area contributed by atoms with Crippen LogP contribution in [-0.4, -0.2) is 35.7 Å². The van der Waals surface area contributed by atoms with Gasteiger partial charge in [-0.1, -0.05) is 19.1 Å². The van der Waals surface area contributed by atoms with Gasteiger partial charge in [-0.15, -0.1) is 0 Å².